The molecule has 146 valence electrons. The van der Waals surface area contributed by atoms with Crippen molar-refractivity contribution in [3.63, 3.8) is 0 Å². The quantitative estimate of drug-likeness (QED) is 0.597. The van der Waals surface area contributed by atoms with E-state index in [0.717, 1.165) is 18.2 Å². The van der Waals surface area contributed by atoms with E-state index in [4.69, 9.17) is 9.84 Å². The van der Waals surface area contributed by atoms with Crippen LogP contribution in [0.4, 0.5) is 28.0 Å². The number of nitrogens with one attached hydrogen (secondary N) is 2. The highest BCUT2D eigenvalue weighted by atomic mass is 19.4. The molecule has 10 heteroatoms. The molecule has 0 atom stereocenters. The fourth-order valence-electron chi connectivity index (χ4n) is 1.94. The van der Waals surface area contributed by atoms with Crippen molar-refractivity contribution < 1.29 is 37.0 Å². The van der Waals surface area contributed by atoms with Crippen LogP contribution >= 0.6 is 0 Å². The molecule has 0 unspecified atom stereocenters. The van der Waals surface area contributed by atoms with Crippen LogP contribution in [0, 0.1) is 5.82 Å². The first-order valence-corrected chi connectivity index (χ1v) is 7.68. The van der Waals surface area contributed by atoms with E-state index in [2.05, 4.69) is 10.6 Å². The number of halogens is 4. The summed E-state index contributed by atoms with van der Waals surface area (Å²) in [6.45, 7) is 2.50. The molecule has 0 aliphatic carbocycles. The van der Waals surface area contributed by atoms with Gasteiger partial charge in [0.2, 0.25) is 0 Å². The molecule has 1 aromatic carbocycles. The number of benzene rings is 1. The maximum absolute atomic E-state index is 13.3. The topological polar surface area (TPSA) is 87.7 Å². The molecule has 0 saturated heterocycles. The van der Waals surface area contributed by atoms with Crippen LogP contribution in [-0.4, -0.2) is 35.4 Å². The largest absolute Gasteiger partial charge is 0.491 e. The molecular weight excluding hydrogens is 360 g/mol. The summed E-state index contributed by atoms with van der Waals surface area (Å²) in [7, 11) is 0. The lowest BCUT2D eigenvalue weighted by Gasteiger charge is -2.26. The number of anilines is 1. The van der Waals surface area contributed by atoms with E-state index < -0.39 is 42.6 Å². The molecule has 1 rings (SSSR count). The Morgan fingerprint density at radius 1 is 1.19 bits per heavy atom. The molecule has 0 saturated carbocycles. The van der Waals surface area contributed by atoms with Crippen LogP contribution in [0.25, 0.3) is 0 Å². The van der Waals surface area contributed by atoms with Gasteiger partial charge in [0.1, 0.15) is 11.6 Å². The third kappa shape index (κ3) is 8.54. The summed E-state index contributed by atoms with van der Waals surface area (Å²) in [5.74, 6) is -1.99. The minimum absolute atomic E-state index is 0.0138. The lowest BCUT2D eigenvalue weighted by Crippen LogP contribution is -2.45. The first kappa shape index (κ1) is 21.5. The van der Waals surface area contributed by atoms with Gasteiger partial charge in [0.05, 0.1) is 18.7 Å². The van der Waals surface area contributed by atoms with Crippen LogP contribution in [0.5, 0.6) is 5.75 Å². The van der Waals surface area contributed by atoms with Crippen molar-refractivity contribution in [1.82, 2.24) is 5.32 Å². The standard InChI is InChI=1S/C16H20F4N2O4/c1-15(2,6-5-13(23)24)22-14(25)21-11-4-3-10(17)9-12(11)26-8-7-16(18,19)20/h3-4,9H,5-8H2,1-2H3,(H,23,24)(H2,21,22,25). The third-order valence-electron chi connectivity index (χ3n) is 3.25. The lowest BCUT2D eigenvalue weighted by atomic mass is 9.99. The number of aliphatic carboxylic acids is 1. The van der Waals surface area contributed by atoms with Gasteiger partial charge < -0.3 is 20.5 Å². The summed E-state index contributed by atoms with van der Waals surface area (Å²) in [6, 6.07) is 2.30. The Bertz CT molecular complexity index is 648. The maximum atomic E-state index is 13.3. The molecule has 0 bridgehead atoms. The van der Waals surface area contributed by atoms with E-state index in [9.17, 15) is 27.2 Å². The number of alkyl halides is 3. The smallest absolute Gasteiger partial charge is 0.392 e. The molecule has 0 heterocycles. The Morgan fingerprint density at radius 2 is 1.85 bits per heavy atom. The Hall–Kier alpha value is -2.52. The van der Waals surface area contributed by atoms with Crippen molar-refractivity contribution in [2.45, 2.75) is 44.8 Å². The summed E-state index contributed by atoms with van der Waals surface area (Å²) in [5, 5.41) is 13.6. The van der Waals surface area contributed by atoms with Crippen LogP contribution in [0.3, 0.4) is 0 Å². The molecule has 3 N–H and O–H groups in total. The minimum Gasteiger partial charge on any atom is -0.491 e. The first-order chi connectivity index (χ1) is 11.9. The minimum atomic E-state index is -4.42. The van der Waals surface area contributed by atoms with Crippen LogP contribution in [0.15, 0.2) is 18.2 Å². The number of hydrogen-bond acceptors (Lipinski definition) is 3. The average molecular weight is 380 g/mol. The molecule has 0 spiro atoms. The van der Waals surface area contributed by atoms with E-state index in [1.54, 1.807) is 13.8 Å². The van der Waals surface area contributed by atoms with Crippen LogP contribution in [-0.2, 0) is 4.79 Å². The Kier molecular flexibility index (Phi) is 7.22. The summed E-state index contributed by atoms with van der Waals surface area (Å²) in [4.78, 5) is 22.7. The van der Waals surface area contributed by atoms with E-state index in [0.29, 0.717) is 0 Å². The number of ether oxygens (including phenoxy) is 1. The van der Waals surface area contributed by atoms with Crippen LogP contribution in [0.1, 0.15) is 33.1 Å². The fraction of sp³-hybridized carbons (Fsp3) is 0.500. The van der Waals surface area contributed by atoms with Gasteiger partial charge in [0.15, 0.2) is 0 Å². The Morgan fingerprint density at radius 3 is 2.42 bits per heavy atom. The number of urea groups is 1. The van der Waals surface area contributed by atoms with Gasteiger partial charge in [-0.15, -0.1) is 0 Å². The number of hydrogen-bond donors (Lipinski definition) is 3. The highest BCUT2D eigenvalue weighted by Crippen LogP contribution is 2.27. The normalized spacial score (nSPS) is 11.8. The average Bonchev–Trinajstić information content (AvgIpc) is 2.46. The SMILES string of the molecule is CC(C)(CCC(=O)O)NC(=O)Nc1ccc(F)cc1OCCC(F)(F)F. The van der Waals surface area contributed by atoms with Crippen molar-refractivity contribution in [3.8, 4) is 5.75 Å². The van der Waals surface area contributed by atoms with Gasteiger partial charge in [-0.3, -0.25) is 4.79 Å². The zero-order valence-electron chi connectivity index (χ0n) is 14.2. The number of carbonyl (C=O) groups is 2. The zero-order valence-corrected chi connectivity index (χ0v) is 14.2. The zero-order chi connectivity index (χ0) is 20.0. The maximum Gasteiger partial charge on any atom is 0.392 e. The summed E-state index contributed by atoms with van der Waals surface area (Å²) in [5.41, 5.74) is -0.861. The van der Waals surface area contributed by atoms with Crippen LogP contribution in [0.2, 0.25) is 0 Å². The molecule has 0 fully saturated rings. The van der Waals surface area contributed by atoms with Crippen molar-refractivity contribution in [2.24, 2.45) is 0 Å². The number of carbonyl (C=O) groups excluding carboxylic acids is 1. The van der Waals surface area contributed by atoms with E-state index in [1.807, 2.05) is 0 Å². The predicted octanol–water partition coefficient (Wildman–Crippen LogP) is 3.92. The molecule has 2 amide bonds. The number of rotatable bonds is 8. The molecule has 1 aromatic rings. The molecule has 0 aromatic heterocycles. The van der Waals surface area contributed by atoms with E-state index in [1.165, 1.54) is 0 Å². The van der Waals surface area contributed by atoms with Gasteiger partial charge in [-0.2, -0.15) is 13.2 Å². The van der Waals surface area contributed by atoms with E-state index in [-0.39, 0.29) is 24.3 Å². The highest BCUT2D eigenvalue weighted by molar-refractivity contribution is 5.91. The second kappa shape index (κ2) is 8.72. The fourth-order valence-corrected chi connectivity index (χ4v) is 1.94. The number of carboxylic acids is 1. The van der Waals surface area contributed by atoms with Gasteiger partial charge in [0.25, 0.3) is 0 Å². The van der Waals surface area contributed by atoms with Gasteiger partial charge in [-0.05, 0) is 32.4 Å². The van der Waals surface area contributed by atoms with Crippen molar-refractivity contribution in [3.05, 3.63) is 24.0 Å². The van der Waals surface area contributed by atoms with Crippen molar-refractivity contribution in [1.29, 1.82) is 0 Å². The lowest BCUT2D eigenvalue weighted by molar-refractivity contribution is -0.139. The third-order valence-corrected chi connectivity index (χ3v) is 3.25. The summed E-state index contributed by atoms with van der Waals surface area (Å²) >= 11 is 0. The summed E-state index contributed by atoms with van der Waals surface area (Å²) < 4.78 is 54.8. The molecule has 0 radical (unpaired) electrons. The summed E-state index contributed by atoms with van der Waals surface area (Å²) in [6.07, 6.45) is -5.65. The van der Waals surface area contributed by atoms with E-state index >= 15 is 0 Å². The molecule has 0 aliphatic rings. The van der Waals surface area contributed by atoms with Gasteiger partial charge in [-0.1, -0.05) is 0 Å². The Balaban J connectivity index is 2.73. The van der Waals surface area contributed by atoms with Crippen molar-refractivity contribution >= 4 is 17.7 Å². The monoisotopic (exact) mass is 380 g/mol. The second-order valence-electron chi connectivity index (χ2n) is 6.21. The Labute approximate surface area is 147 Å². The molecule has 26 heavy (non-hydrogen) atoms. The highest BCUT2D eigenvalue weighted by Gasteiger charge is 2.27. The van der Waals surface area contributed by atoms with Crippen LogP contribution < -0.4 is 15.4 Å². The predicted molar refractivity (Wildman–Crippen MR) is 85.7 cm³/mol. The van der Waals surface area contributed by atoms with Gasteiger partial charge in [-0.25, -0.2) is 9.18 Å². The molecule has 0 aliphatic heterocycles. The van der Waals surface area contributed by atoms with Gasteiger partial charge >= 0.3 is 18.2 Å². The number of amides is 2. The first-order valence-electron chi connectivity index (χ1n) is 7.68. The van der Waals surface area contributed by atoms with Gasteiger partial charge in [0, 0.05) is 18.0 Å². The van der Waals surface area contributed by atoms with Crippen molar-refractivity contribution in [2.75, 3.05) is 11.9 Å². The molecular formula is C16H20F4N2O4. The second-order valence-corrected chi connectivity index (χ2v) is 6.21. The number of carboxylic acid groups (broad SMARTS) is 1. The molecule has 6 nitrogen and oxygen atoms in total.